The number of piperidine rings is 1. The molecule has 0 aliphatic carbocycles. The molecule has 1 saturated heterocycles. The van der Waals surface area contributed by atoms with Gasteiger partial charge in [-0.1, -0.05) is 45.7 Å². The number of likely N-dealkylation sites (tertiary alicyclic amines) is 1. The fraction of sp³-hybridized carbons (Fsp3) is 0.214. The van der Waals surface area contributed by atoms with Gasteiger partial charge in [0.2, 0.25) is 0 Å². The Morgan fingerprint density at radius 2 is 1.86 bits per heavy atom. The Hall–Kier alpha value is -3.13. The summed E-state index contributed by atoms with van der Waals surface area (Å²) >= 11 is 9.82. The smallest absolute Gasteiger partial charge is 0.335 e. The van der Waals surface area contributed by atoms with E-state index in [1.807, 2.05) is 24.3 Å². The van der Waals surface area contributed by atoms with Crippen molar-refractivity contribution in [2.75, 3.05) is 13.1 Å². The third kappa shape index (κ3) is 5.33. The highest BCUT2D eigenvalue weighted by Crippen LogP contribution is 2.36. The van der Waals surface area contributed by atoms with Gasteiger partial charge in [0.15, 0.2) is 11.0 Å². The lowest BCUT2D eigenvalue weighted by atomic mass is 10.0. The quantitative estimate of drug-likeness (QED) is 0.282. The van der Waals surface area contributed by atoms with Gasteiger partial charge in [0.1, 0.15) is 17.6 Å². The number of hydrogen-bond acceptors (Lipinski definition) is 5. The van der Waals surface area contributed by atoms with Crippen molar-refractivity contribution in [3.05, 3.63) is 97.6 Å². The molecule has 1 aliphatic heterocycles. The number of nitrogens with zero attached hydrogens (tertiary/aromatic N) is 1. The number of aromatic carboxylic acids is 1. The first-order valence-electron chi connectivity index (χ1n) is 11.6. The Kier molecular flexibility index (Phi) is 7.14. The van der Waals surface area contributed by atoms with Gasteiger partial charge in [-0.3, -0.25) is 9.69 Å². The first-order chi connectivity index (χ1) is 17.4. The molecule has 4 aromatic rings. The van der Waals surface area contributed by atoms with Crippen LogP contribution in [0.1, 0.15) is 28.8 Å². The fourth-order valence-corrected chi connectivity index (χ4v) is 5.05. The maximum atomic E-state index is 12.7. The van der Waals surface area contributed by atoms with Crippen molar-refractivity contribution in [2.45, 2.75) is 25.5 Å². The van der Waals surface area contributed by atoms with E-state index < -0.39 is 5.97 Å². The van der Waals surface area contributed by atoms with Crippen LogP contribution in [0, 0.1) is 0 Å². The zero-order valence-corrected chi connectivity index (χ0v) is 21.6. The molecule has 8 heteroatoms. The van der Waals surface area contributed by atoms with E-state index in [4.69, 9.17) is 20.8 Å². The van der Waals surface area contributed by atoms with Crippen molar-refractivity contribution in [1.82, 2.24) is 4.90 Å². The minimum atomic E-state index is -0.918. The third-order valence-electron chi connectivity index (χ3n) is 6.32. The molecule has 36 heavy (non-hydrogen) atoms. The lowest BCUT2D eigenvalue weighted by Gasteiger charge is -2.32. The topological polar surface area (TPSA) is 80.0 Å². The van der Waals surface area contributed by atoms with Crippen molar-refractivity contribution < 1.29 is 19.1 Å². The Morgan fingerprint density at radius 1 is 1.08 bits per heavy atom. The number of carboxylic acids is 1. The molecule has 0 amide bonds. The Bertz CT molecular complexity index is 1490. The Morgan fingerprint density at radius 3 is 2.64 bits per heavy atom. The number of para-hydroxylation sites is 1. The molecule has 1 aliphatic rings. The fourth-order valence-electron chi connectivity index (χ4n) is 4.50. The van der Waals surface area contributed by atoms with Crippen LogP contribution in [-0.4, -0.2) is 35.2 Å². The molecule has 0 atom stereocenters. The molecule has 3 aromatic carbocycles. The summed E-state index contributed by atoms with van der Waals surface area (Å²) in [5, 5.41) is 10.0. The van der Waals surface area contributed by atoms with Crippen molar-refractivity contribution >= 4 is 44.5 Å². The summed E-state index contributed by atoms with van der Waals surface area (Å²) in [5.74, 6) is 0.115. The second kappa shape index (κ2) is 10.5. The highest BCUT2D eigenvalue weighted by molar-refractivity contribution is 9.10. The van der Waals surface area contributed by atoms with E-state index in [9.17, 15) is 14.7 Å². The molecule has 0 radical (unpaired) electrons. The lowest BCUT2D eigenvalue weighted by Crippen LogP contribution is -2.37. The number of benzene rings is 3. The predicted octanol–water partition coefficient (Wildman–Crippen LogP) is 6.62. The summed E-state index contributed by atoms with van der Waals surface area (Å²) in [6.45, 7) is 2.34. The van der Waals surface area contributed by atoms with E-state index >= 15 is 0 Å². The maximum absolute atomic E-state index is 12.7. The lowest BCUT2D eigenvalue weighted by molar-refractivity contribution is 0.0696. The summed E-state index contributed by atoms with van der Waals surface area (Å²) in [7, 11) is 0. The molecule has 184 valence electrons. The number of hydrogen-bond donors (Lipinski definition) is 1. The normalized spacial score (nSPS) is 14.7. The van der Waals surface area contributed by atoms with Gasteiger partial charge in [-0.05, 0) is 60.9 Å². The van der Waals surface area contributed by atoms with Crippen LogP contribution in [0.4, 0.5) is 0 Å². The van der Waals surface area contributed by atoms with Crippen LogP contribution >= 0.6 is 27.5 Å². The average molecular weight is 569 g/mol. The van der Waals surface area contributed by atoms with Gasteiger partial charge in [-0.25, -0.2) is 4.79 Å². The molecule has 6 nitrogen and oxygen atoms in total. The molecular weight excluding hydrogens is 546 g/mol. The highest BCUT2D eigenvalue weighted by atomic mass is 79.9. The molecule has 1 N–H and O–H groups in total. The number of rotatable bonds is 6. The summed E-state index contributed by atoms with van der Waals surface area (Å²) < 4.78 is 13.3. The molecule has 0 bridgehead atoms. The zero-order valence-electron chi connectivity index (χ0n) is 19.2. The standard InChI is InChI=1S/C28H23BrClNO5/c29-19-7-8-22(26-15-24(32)21-5-2-6-23(30)27(21)36-26)25(14-19)35-20-9-11-31(12-10-20)16-17-3-1-4-18(13-17)28(33)34/h1-8,13-15,20H,9-12,16H2,(H,33,34). The summed E-state index contributed by atoms with van der Waals surface area (Å²) in [6, 6.07) is 19.3. The van der Waals surface area contributed by atoms with Crippen LogP contribution in [0.5, 0.6) is 5.75 Å². The molecule has 0 spiro atoms. The van der Waals surface area contributed by atoms with E-state index in [1.165, 1.54) is 6.07 Å². The SMILES string of the molecule is O=C(O)c1cccc(CN2CCC(Oc3cc(Br)ccc3-c3cc(=O)c4cccc(Cl)c4o3)CC2)c1. The number of ether oxygens (including phenoxy) is 1. The van der Waals surface area contributed by atoms with Crippen molar-refractivity contribution in [3.63, 3.8) is 0 Å². The number of halogens is 2. The van der Waals surface area contributed by atoms with Crippen LogP contribution in [0.3, 0.4) is 0 Å². The van der Waals surface area contributed by atoms with E-state index in [1.54, 1.807) is 36.4 Å². The van der Waals surface area contributed by atoms with Crippen LogP contribution in [0.2, 0.25) is 5.02 Å². The summed E-state index contributed by atoms with van der Waals surface area (Å²) in [4.78, 5) is 26.3. The largest absolute Gasteiger partial charge is 0.490 e. The second-order valence-electron chi connectivity index (χ2n) is 8.83. The van der Waals surface area contributed by atoms with Gasteiger partial charge in [0.05, 0.1) is 21.5 Å². The molecule has 1 fully saturated rings. The molecule has 2 heterocycles. The number of carbonyl (C=O) groups is 1. The van der Waals surface area contributed by atoms with Crippen molar-refractivity contribution in [2.24, 2.45) is 0 Å². The number of fused-ring (bicyclic) bond motifs is 1. The second-order valence-corrected chi connectivity index (χ2v) is 10.2. The molecule has 0 unspecified atom stereocenters. The Balaban J connectivity index is 1.32. The van der Waals surface area contributed by atoms with Gasteiger partial charge >= 0.3 is 5.97 Å². The van der Waals surface area contributed by atoms with Crippen LogP contribution in [0.25, 0.3) is 22.3 Å². The van der Waals surface area contributed by atoms with Gasteiger partial charge in [-0.2, -0.15) is 0 Å². The van der Waals surface area contributed by atoms with E-state index in [0.717, 1.165) is 36.0 Å². The zero-order chi connectivity index (χ0) is 25.2. The predicted molar refractivity (Wildman–Crippen MR) is 143 cm³/mol. The highest BCUT2D eigenvalue weighted by Gasteiger charge is 2.23. The monoisotopic (exact) mass is 567 g/mol. The third-order valence-corrected chi connectivity index (χ3v) is 7.12. The van der Waals surface area contributed by atoms with Gasteiger partial charge in [0.25, 0.3) is 0 Å². The maximum Gasteiger partial charge on any atom is 0.335 e. The van der Waals surface area contributed by atoms with Crippen LogP contribution in [-0.2, 0) is 6.54 Å². The number of carboxylic acid groups (broad SMARTS) is 1. The van der Waals surface area contributed by atoms with Crippen LogP contribution in [0.15, 0.2) is 80.4 Å². The minimum Gasteiger partial charge on any atom is -0.490 e. The molecule has 0 saturated carbocycles. The van der Waals surface area contributed by atoms with Crippen molar-refractivity contribution in [3.8, 4) is 17.1 Å². The van der Waals surface area contributed by atoms with E-state index in [2.05, 4.69) is 20.8 Å². The molecule has 1 aromatic heterocycles. The molecule has 5 rings (SSSR count). The van der Waals surface area contributed by atoms with Crippen molar-refractivity contribution in [1.29, 1.82) is 0 Å². The van der Waals surface area contributed by atoms with Gasteiger partial charge < -0.3 is 14.3 Å². The van der Waals surface area contributed by atoms with E-state index in [0.29, 0.717) is 45.2 Å². The van der Waals surface area contributed by atoms with E-state index in [-0.39, 0.29) is 11.5 Å². The average Bonchev–Trinajstić information content (AvgIpc) is 2.86. The van der Waals surface area contributed by atoms with Gasteiger partial charge in [-0.15, -0.1) is 0 Å². The van der Waals surface area contributed by atoms with Gasteiger partial charge in [0, 0.05) is 30.2 Å². The summed E-state index contributed by atoms with van der Waals surface area (Å²) in [5.41, 5.74) is 2.16. The summed E-state index contributed by atoms with van der Waals surface area (Å²) in [6.07, 6.45) is 1.63. The molecular formula is C28H23BrClNO5. The minimum absolute atomic E-state index is 0.00424. The first kappa shape index (κ1) is 24.6. The van der Waals surface area contributed by atoms with Crippen LogP contribution < -0.4 is 10.2 Å². The Labute approximate surface area is 221 Å². The first-order valence-corrected chi connectivity index (χ1v) is 12.8.